The summed E-state index contributed by atoms with van der Waals surface area (Å²) in [4.78, 5) is 26.0. The maximum atomic E-state index is 13.0. The highest BCUT2D eigenvalue weighted by molar-refractivity contribution is 5.89. The number of carbonyl (C=O) groups is 2. The van der Waals surface area contributed by atoms with Crippen LogP contribution < -0.4 is 16.0 Å². The van der Waals surface area contributed by atoms with Crippen molar-refractivity contribution in [2.24, 2.45) is 5.92 Å². The predicted octanol–water partition coefficient (Wildman–Crippen LogP) is 4.00. The molecule has 160 valence electrons. The number of aryl methyl sites for hydroxylation is 1. The lowest BCUT2D eigenvalue weighted by Gasteiger charge is -2.32. The molecule has 2 aromatic rings. The van der Waals surface area contributed by atoms with E-state index in [2.05, 4.69) is 28.1 Å². The zero-order chi connectivity index (χ0) is 21.2. The van der Waals surface area contributed by atoms with Crippen LogP contribution in [0.4, 0.5) is 19.7 Å². The van der Waals surface area contributed by atoms with Crippen LogP contribution in [0.15, 0.2) is 54.6 Å². The smallest absolute Gasteiger partial charge is 0.321 e. The lowest BCUT2D eigenvalue weighted by molar-refractivity contribution is 0.181. The molecular formula is C23H29FN4O2. The Balaban J connectivity index is 1.27. The molecule has 0 unspecified atom stereocenters. The molecule has 7 heteroatoms. The van der Waals surface area contributed by atoms with Crippen LogP contribution in [0.3, 0.4) is 0 Å². The van der Waals surface area contributed by atoms with Crippen LogP contribution >= 0.6 is 0 Å². The second-order valence-corrected chi connectivity index (χ2v) is 7.59. The van der Waals surface area contributed by atoms with Crippen LogP contribution in [-0.2, 0) is 6.42 Å². The fraction of sp³-hybridized carbons (Fsp3) is 0.391. The van der Waals surface area contributed by atoms with E-state index in [1.165, 1.54) is 17.7 Å². The van der Waals surface area contributed by atoms with Crippen molar-refractivity contribution < 1.29 is 14.0 Å². The van der Waals surface area contributed by atoms with Gasteiger partial charge in [0.15, 0.2) is 0 Å². The van der Waals surface area contributed by atoms with Crippen molar-refractivity contribution in [1.82, 2.24) is 15.5 Å². The molecule has 0 radical (unpaired) electrons. The quantitative estimate of drug-likeness (QED) is 0.602. The van der Waals surface area contributed by atoms with Gasteiger partial charge in [-0.05, 0) is 61.4 Å². The third-order valence-electron chi connectivity index (χ3n) is 5.32. The Morgan fingerprint density at radius 1 is 0.967 bits per heavy atom. The van der Waals surface area contributed by atoms with E-state index in [1.54, 1.807) is 17.0 Å². The van der Waals surface area contributed by atoms with E-state index in [0.717, 1.165) is 25.7 Å². The summed E-state index contributed by atoms with van der Waals surface area (Å²) in [6, 6.07) is 15.6. The van der Waals surface area contributed by atoms with Gasteiger partial charge in [0.2, 0.25) is 0 Å². The monoisotopic (exact) mass is 412 g/mol. The summed E-state index contributed by atoms with van der Waals surface area (Å²) in [5, 5.41) is 8.62. The fourth-order valence-corrected chi connectivity index (χ4v) is 3.51. The van der Waals surface area contributed by atoms with E-state index in [1.807, 2.05) is 18.2 Å². The number of amides is 4. The largest absolute Gasteiger partial charge is 0.338 e. The average Bonchev–Trinajstić information content (AvgIpc) is 2.78. The third kappa shape index (κ3) is 7.06. The normalized spacial score (nSPS) is 14.2. The lowest BCUT2D eigenvalue weighted by Crippen LogP contribution is -2.44. The molecule has 1 aliphatic heterocycles. The highest BCUT2D eigenvalue weighted by Crippen LogP contribution is 2.18. The first-order valence-electron chi connectivity index (χ1n) is 10.5. The molecule has 3 rings (SSSR count). The van der Waals surface area contributed by atoms with Crippen LogP contribution in [0.5, 0.6) is 0 Å². The molecule has 0 aliphatic carbocycles. The van der Waals surface area contributed by atoms with Gasteiger partial charge in [0, 0.05) is 31.9 Å². The van der Waals surface area contributed by atoms with E-state index in [-0.39, 0.29) is 17.9 Å². The standard InChI is InChI=1S/C23H29FN4O2/c24-20-8-10-21(11-9-20)27-23(30)28-15-12-19(13-16-28)17-26-22(29)25-14-4-7-18-5-2-1-3-6-18/h1-3,5-6,8-11,19H,4,7,12-17H2,(H,27,30)(H2,25,26,29). The van der Waals surface area contributed by atoms with Crippen LogP contribution in [-0.4, -0.2) is 43.1 Å². The Morgan fingerprint density at radius 2 is 1.67 bits per heavy atom. The number of nitrogens with zero attached hydrogens (tertiary/aromatic N) is 1. The van der Waals surface area contributed by atoms with Gasteiger partial charge in [0.1, 0.15) is 5.82 Å². The molecular weight excluding hydrogens is 383 g/mol. The van der Waals surface area contributed by atoms with Gasteiger partial charge in [-0.1, -0.05) is 30.3 Å². The van der Waals surface area contributed by atoms with E-state index >= 15 is 0 Å². The van der Waals surface area contributed by atoms with Crippen LogP contribution in [0, 0.1) is 11.7 Å². The van der Waals surface area contributed by atoms with E-state index < -0.39 is 0 Å². The summed E-state index contributed by atoms with van der Waals surface area (Å²) in [5.74, 6) is 0.0245. The second kappa shape index (κ2) is 11.2. The van der Waals surface area contributed by atoms with Crippen molar-refractivity contribution in [3.05, 3.63) is 66.0 Å². The highest BCUT2D eigenvalue weighted by Gasteiger charge is 2.23. The number of piperidine rings is 1. The maximum absolute atomic E-state index is 13.0. The first-order valence-corrected chi connectivity index (χ1v) is 10.5. The molecule has 6 nitrogen and oxygen atoms in total. The molecule has 3 N–H and O–H groups in total. The molecule has 1 aliphatic rings. The van der Waals surface area contributed by atoms with E-state index in [0.29, 0.717) is 37.8 Å². The number of anilines is 1. The summed E-state index contributed by atoms with van der Waals surface area (Å²) in [6.45, 7) is 2.52. The lowest BCUT2D eigenvalue weighted by atomic mass is 9.97. The number of benzene rings is 2. The first-order chi connectivity index (χ1) is 14.6. The molecule has 1 heterocycles. The molecule has 1 fully saturated rings. The van der Waals surface area contributed by atoms with Gasteiger partial charge in [-0.3, -0.25) is 0 Å². The summed E-state index contributed by atoms with van der Waals surface area (Å²) >= 11 is 0. The maximum Gasteiger partial charge on any atom is 0.321 e. The van der Waals surface area contributed by atoms with Crippen molar-refractivity contribution >= 4 is 17.7 Å². The van der Waals surface area contributed by atoms with Crippen molar-refractivity contribution in [2.45, 2.75) is 25.7 Å². The van der Waals surface area contributed by atoms with Crippen LogP contribution in [0.2, 0.25) is 0 Å². The minimum atomic E-state index is -0.332. The average molecular weight is 413 g/mol. The number of urea groups is 2. The van der Waals surface area contributed by atoms with Gasteiger partial charge in [-0.25, -0.2) is 14.0 Å². The zero-order valence-corrected chi connectivity index (χ0v) is 17.1. The molecule has 0 atom stereocenters. The third-order valence-corrected chi connectivity index (χ3v) is 5.32. The summed E-state index contributed by atoms with van der Waals surface area (Å²) in [6.07, 6.45) is 3.52. The van der Waals surface area contributed by atoms with Crippen LogP contribution in [0.1, 0.15) is 24.8 Å². The SMILES string of the molecule is O=C(NCCCc1ccccc1)NCC1CCN(C(=O)Nc2ccc(F)cc2)CC1. The topological polar surface area (TPSA) is 73.5 Å². The predicted molar refractivity (Wildman–Crippen MR) is 116 cm³/mol. The van der Waals surface area contributed by atoms with Gasteiger partial charge in [-0.2, -0.15) is 0 Å². The zero-order valence-electron chi connectivity index (χ0n) is 17.1. The van der Waals surface area contributed by atoms with Gasteiger partial charge in [-0.15, -0.1) is 0 Å². The summed E-state index contributed by atoms with van der Waals surface area (Å²) < 4.78 is 13.0. The number of likely N-dealkylation sites (tertiary alicyclic amines) is 1. The molecule has 0 spiro atoms. The Morgan fingerprint density at radius 3 is 2.37 bits per heavy atom. The molecule has 0 bridgehead atoms. The molecule has 0 saturated carbocycles. The Kier molecular flexibility index (Phi) is 8.06. The number of nitrogens with one attached hydrogen (secondary N) is 3. The first kappa shape index (κ1) is 21.6. The highest BCUT2D eigenvalue weighted by atomic mass is 19.1. The molecule has 30 heavy (non-hydrogen) atoms. The van der Waals surface area contributed by atoms with E-state index in [4.69, 9.17) is 0 Å². The number of halogens is 1. The Labute approximate surface area is 176 Å². The van der Waals surface area contributed by atoms with Gasteiger partial charge in [0.25, 0.3) is 0 Å². The number of rotatable bonds is 7. The van der Waals surface area contributed by atoms with Crippen molar-refractivity contribution in [1.29, 1.82) is 0 Å². The van der Waals surface area contributed by atoms with Crippen LogP contribution in [0.25, 0.3) is 0 Å². The number of hydrogen-bond acceptors (Lipinski definition) is 2. The summed E-state index contributed by atoms with van der Waals surface area (Å²) in [7, 11) is 0. The van der Waals surface area contributed by atoms with Gasteiger partial charge in [0.05, 0.1) is 0 Å². The second-order valence-electron chi connectivity index (χ2n) is 7.59. The number of hydrogen-bond donors (Lipinski definition) is 3. The van der Waals surface area contributed by atoms with Gasteiger partial charge < -0.3 is 20.9 Å². The van der Waals surface area contributed by atoms with Crippen molar-refractivity contribution in [2.75, 3.05) is 31.5 Å². The van der Waals surface area contributed by atoms with Gasteiger partial charge >= 0.3 is 12.1 Å². The molecule has 1 saturated heterocycles. The van der Waals surface area contributed by atoms with Crippen molar-refractivity contribution in [3.8, 4) is 0 Å². The van der Waals surface area contributed by atoms with Crippen molar-refractivity contribution in [3.63, 3.8) is 0 Å². The number of carbonyl (C=O) groups excluding carboxylic acids is 2. The Hall–Kier alpha value is -3.09. The fourth-order valence-electron chi connectivity index (χ4n) is 3.51. The molecule has 4 amide bonds. The summed E-state index contributed by atoms with van der Waals surface area (Å²) in [5.41, 5.74) is 1.85. The molecule has 0 aromatic heterocycles. The minimum Gasteiger partial charge on any atom is -0.338 e. The Bertz CT molecular complexity index is 806. The minimum absolute atomic E-state index is 0.139. The molecule has 2 aromatic carbocycles. The van der Waals surface area contributed by atoms with E-state index in [9.17, 15) is 14.0 Å².